The molecule has 0 atom stereocenters. The molecule has 0 radical (unpaired) electrons. The van der Waals surface area contributed by atoms with Crippen molar-refractivity contribution < 1.29 is 14.0 Å². The topological polar surface area (TPSA) is 60.2 Å². The van der Waals surface area contributed by atoms with Crippen LogP contribution in [0.3, 0.4) is 0 Å². The second-order valence-electron chi connectivity index (χ2n) is 5.67. The molecule has 1 aliphatic rings. The van der Waals surface area contributed by atoms with E-state index in [-0.39, 0.29) is 17.3 Å². The molecule has 0 amide bonds. The summed E-state index contributed by atoms with van der Waals surface area (Å²) in [5.74, 6) is -0.449. The Morgan fingerprint density at radius 2 is 1.75 bits per heavy atom. The fraction of sp³-hybridized carbons (Fsp3) is 0. The van der Waals surface area contributed by atoms with Gasteiger partial charge < -0.3 is 4.42 Å². The number of aromatic nitrogens is 1. The van der Waals surface area contributed by atoms with Crippen molar-refractivity contribution in [3.63, 3.8) is 0 Å². The number of hydrogen-bond donors (Lipinski definition) is 0. The summed E-state index contributed by atoms with van der Waals surface area (Å²) >= 11 is 5.99. The normalized spacial score (nSPS) is 13.4. The lowest BCUT2D eigenvalue weighted by Crippen LogP contribution is -2.20. The number of para-hydroxylation sites is 1. The minimum atomic E-state index is -0.300. The fourth-order valence-electron chi connectivity index (χ4n) is 3.26. The number of fused-ring (bicyclic) bond motifs is 6. The summed E-state index contributed by atoms with van der Waals surface area (Å²) in [7, 11) is 0. The lowest BCUT2D eigenvalue weighted by molar-refractivity contribution is 0.0963. The zero-order valence-electron chi connectivity index (χ0n) is 12.2. The third kappa shape index (κ3) is 1.61. The molecule has 4 nitrogen and oxygen atoms in total. The van der Waals surface area contributed by atoms with Crippen molar-refractivity contribution in [2.75, 3.05) is 0 Å². The molecule has 1 aliphatic carbocycles. The van der Waals surface area contributed by atoms with Crippen molar-refractivity contribution >= 4 is 45.0 Å². The van der Waals surface area contributed by atoms with Crippen LogP contribution in [0.5, 0.6) is 0 Å². The van der Waals surface area contributed by atoms with Crippen LogP contribution in [0.2, 0.25) is 5.02 Å². The minimum absolute atomic E-state index is 0.0937. The molecule has 2 aromatic heterocycles. The maximum absolute atomic E-state index is 13.0. The lowest BCUT2D eigenvalue weighted by Gasteiger charge is -2.15. The molecule has 0 N–H and O–H groups in total. The molecule has 4 aromatic rings. The molecule has 114 valence electrons. The third-order valence-electron chi connectivity index (χ3n) is 4.33. The zero-order valence-corrected chi connectivity index (χ0v) is 12.9. The number of carbonyl (C=O) groups is 2. The van der Waals surface area contributed by atoms with Crippen molar-refractivity contribution in [1.29, 1.82) is 0 Å². The molecule has 0 bridgehead atoms. The second-order valence-corrected chi connectivity index (χ2v) is 6.11. The number of halogens is 1. The molecule has 0 saturated carbocycles. The smallest absolute Gasteiger partial charge is 0.230 e. The van der Waals surface area contributed by atoms with Gasteiger partial charge in [0.2, 0.25) is 5.78 Å². The largest absolute Gasteiger partial charge is 0.452 e. The van der Waals surface area contributed by atoms with Crippen LogP contribution in [0.15, 0.2) is 53.1 Å². The highest BCUT2D eigenvalue weighted by atomic mass is 35.5. The first kappa shape index (κ1) is 13.5. The van der Waals surface area contributed by atoms with Gasteiger partial charge in [-0.05, 0) is 18.2 Å². The van der Waals surface area contributed by atoms with Gasteiger partial charge in [-0.3, -0.25) is 14.6 Å². The Balaban J connectivity index is 1.90. The van der Waals surface area contributed by atoms with Crippen LogP contribution < -0.4 is 0 Å². The number of pyridine rings is 1. The average Bonchev–Trinajstić information content (AvgIpc) is 2.98. The van der Waals surface area contributed by atoms with E-state index in [1.165, 1.54) is 6.20 Å². The molecule has 2 aromatic carbocycles. The van der Waals surface area contributed by atoms with Gasteiger partial charge in [-0.25, -0.2) is 0 Å². The van der Waals surface area contributed by atoms with E-state index in [0.717, 1.165) is 0 Å². The molecule has 2 heterocycles. The highest BCUT2D eigenvalue weighted by molar-refractivity contribution is 6.35. The maximum atomic E-state index is 13.0. The number of rotatable bonds is 0. The number of benzene rings is 2. The van der Waals surface area contributed by atoms with E-state index in [4.69, 9.17) is 16.0 Å². The minimum Gasteiger partial charge on any atom is -0.452 e. The molecular weight excluding hydrogens is 326 g/mol. The predicted octanol–water partition coefficient (Wildman–Crippen LogP) is 4.41. The Kier molecular flexibility index (Phi) is 2.54. The Labute approximate surface area is 140 Å². The molecule has 0 aliphatic heterocycles. The van der Waals surface area contributed by atoms with E-state index >= 15 is 0 Å². The molecule has 0 saturated heterocycles. The molecule has 0 fully saturated rings. The van der Waals surface area contributed by atoms with Crippen molar-refractivity contribution in [3.8, 4) is 0 Å². The van der Waals surface area contributed by atoms with Gasteiger partial charge in [0.15, 0.2) is 11.5 Å². The standard InChI is InChI=1S/C19H8ClNO3/c20-9-5-6-10-13(7-9)21-8-12-15(10)18(23)19-16(17(12)22)11-3-1-2-4-14(11)24-19/h1-8H. The van der Waals surface area contributed by atoms with Gasteiger partial charge in [0.05, 0.1) is 16.6 Å². The van der Waals surface area contributed by atoms with E-state index < -0.39 is 0 Å². The van der Waals surface area contributed by atoms with Crippen LogP contribution in [0.4, 0.5) is 0 Å². The number of hydrogen-bond acceptors (Lipinski definition) is 4. The van der Waals surface area contributed by atoms with Gasteiger partial charge in [0.25, 0.3) is 0 Å². The highest BCUT2D eigenvalue weighted by Gasteiger charge is 2.36. The summed E-state index contributed by atoms with van der Waals surface area (Å²) in [5, 5.41) is 1.77. The van der Waals surface area contributed by atoms with Gasteiger partial charge >= 0.3 is 0 Å². The van der Waals surface area contributed by atoms with Gasteiger partial charge in [0, 0.05) is 27.6 Å². The summed E-state index contributed by atoms with van der Waals surface area (Å²) in [6, 6.07) is 12.2. The van der Waals surface area contributed by atoms with Gasteiger partial charge in [-0.2, -0.15) is 0 Å². The first-order valence-corrected chi connectivity index (χ1v) is 7.72. The first-order chi connectivity index (χ1) is 11.6. The molecule has 5 heteroatoms. The maximum Gasteiger partial charge on any atom is 0.230 e. The van der Waals surface area contributed by atoms with Crippen LogP contribution in [-0.2, 0) is 0 Å². The van der Waals surface area contributed by atoms with E-state index in [2.05, 4.69) is 4.98 Å². The first-order valence-electron chi connectivity index (χ1n) is 7.34. The van der Waals surface area contributed by atoms with Gasteiger partial charge in [-0.1, -0.05) is 35.9 Å². The van der Waals surface area contributed by atoms with Crippen LogP contribution in [0.25, 0.3) is 21.9 Å². The third-order valence-corrected chi connectivity index (χ3v) is 4.57. The summed E-state index contributed by atoms with van der Waals surface area (Å²) in [6.07, 6.45) is 1.44. The summed E-state index contributed by atoms with van der Waals surface area (Å²) in [6.45, 7) is 0. The summed E-state index contributed by atoms with van der Waals surface area (Å²) in [5.41, 5.74) is 2.04. The number of ketones is 2. The van der Waals surface area contributed by atoms with Crippen molar-refractivity contribution in [3.05, 3.63) is 76.1 Å². The number of carbonyl (C=O) groups excluding carboxylic acids is 2. The van der Waals surface area contributed by atoms with E-state index in [9.17, 15) is 9.59 Å². The average molecular weight is 334 g/mol. The zero-order chi connectivity index (χ0) is 16.4. The number of nitrogens with zero attached hydrogens (tertiary/aromatic N) is 1. The fourth-order valence-corrected chi connectivity index (χ4v) is 3.43. The van der Waals surface area contributed by atoms with Crippen LogP contribution in [-0.4, -0.2) is 16.6 Å². The molecule has 5 rings (SSSR count). The lowest BCUT2D eigenvalue weighted by atomic mass is 9.86. The summed E-state index contributed by atoms with van der Waals surface area (Å²) in [4.78, 5) is 30.3. The van der Waals surface area contributed by atoms with Crippen LogP contribution in [0, 0.1) is 0 Å². The van der Waals surface area contributed by atoms with Gasteiger partial charge in [0.1, 0.15) is 5.58 Å². The quantitative estimate of drug-likeness (QED) is 0.421. The molecule has 24 heavy (non-hydrogen) atoms. The SMILES string of the molecule is O=C1c2oc3ccccc3c2C(=O)c2cnc3cc(Cl)ccc3c21. The van der Waals surface area contributed by atoms with E-state index in [0.29, 0.717) is 43.6 Å². The Bertz CT molecular complexity index is 1210. The monoisotopic (exact) mass is 333 g/mol. The highest BCUT2D eigenvalue weighted by Crippen LogP contribution is 2.37. The number of furan rings is 1. The Morgan fingerprint density at radius 3 is 2.62 bits per heavy atom. The summed E-state index contributed by atoms with van der Waals surface area (Å²) < 4.78 is 5.69. The van der Waals surface area contributed by atoms with Crippen LogP contribution in [0.1, 0.15) is 32.0 Å². The molecule has 0 spiro atoms. The van der Waals surface area contributed by atoms with E-state index in [1.54, 1.807) is 36.4 Å². The Hall–Kier alpha value is -2.98. The predicted molar refractivity (Wildman–Crippen MR) is 89.8 cm³/mol. The van der Waals surface area contributed by atoms with Gasteiger partial charge in [-0.15, -0.1) is 0 Å². The molecular formula is C19H8ClNO3. The van der Waals surface area contributed by atoms with Crippen molar-refractivity contribution in [2.24, 2.45) is 0 Å². The van der Waals surface area contributed by atoms with Crippen molar-refractivity contribution in [2.45, 2.75) is 0 Å². The van der Waals surface area contributed by atoms with Crippen LogP contribution >= 0.6 is 11.6 Å². The van der Waals surface area contributed by atoms with Crippen molar-refractivity contribution in [1.82, 2.24) is 4.98 Å². The second kappa shape index (κ2) is 4.52. The Morgan fingerprint density at radius 1 is 0.917 bits per heavy atom. The van der Waals surface area contributed by atoms with E-state index in [1.807, 2.05) is 6.07 Å². The molecule has 0 unspecified atom stereocenters.